The Morgan fingerprint density at radius 3 is 2.57 bits per heavy atom. The molecule has 116 valence electrons. The van der Waals surface area contributed by atoms with Crippen molar-refractivity contribution in [1.29, 1.82) is 0 Å². The maximum atomic E-state index is 6.48. The van der Waals surface area contributed by atoms with Gasteiger partial charge in [0.25, 0.3) is 0 Å². The average Bonchev–Trinajstić information content (AvgIpc) is 2.84. The Bertz CT molecular complexity index is 468. The van der Waals surface area contributed by atoms with Crippen LogP contribution in [0.2, 0.25) is 0 Å². The summed E-state index contributed by atoms with van der Waals surface area (Å²) >= 11 is 0. The third-order valence-electron chi connectivity index (χ3n) is 5.20. The first-order valence-electron chi connectivity index (χ1n) is 7.93. The molecule has 1 aromatic rings. The van der Waals surface area contributed by atoms with Crippen molar-refractivity contribution in [2.75, 3.05) is 20.2 Å². The molecule has 4 nitrogen and oxygen atoms in total. The molecular weight excluding hydrogens is 264 g/mol. The topological polar surface area (TPSA) is 56.5 Å². The zero-order valence-corrected chi connectivity index (χ0v) is 13.0. The molecule has 0 saturated carbocycles. The molecule has 2 aliphatic rings. The van der Waals surface area contributed by atoms with Crippen LogP contribution in [0.3, 0.4) is 0 Å². The van der Waals surface area contributed by atoms with Crippen molar-refractivity contribution >= 4 is 0 Å². The summed E-state index contributed by atoms with van der Waals surface area (Å²) in [6, 6.07) is 8.45. The van der Waals surface area contributed by atoms with Crippen LogP contribution in [0.15, 0.2) is 24.3 Å². The SMILES string of the molecule is COc1ccc([C@@H](C)C2CC(N)C3(CCNCC3)O2)cc1. The van der Waals surface area contributed by atoms with Gasteiger partial charge in [0.2, 0.25) is 0 Å². The van der Waals surface area contributed by atoms with Crippen molar-refractivity contribution < 1.29 is 9.47 Å². The lowest BCUT2D eigenvalue weighted by molar-refractivity contribution is -0.0712. The van der Waals surface area contributed by atoms with Crippen molar-refractivity contribution in [3.63, 3.8) is 0 Å². The molecule has 0 aliphatic carbocycles. The summed E-state index contributed by atoms with van der Waals surface area (Å²) < 4.78 is 11.7. The number of piperidine rings is 1. The van der Waals surface area contributed by atoms with Crippen LogP contribution in [-0.2, 0) is 4.74 Å². The van der Waals surface area contributed by atoms with Crippen molar-refractivity contribution in [3.05, 3.63) is 29.8 Å². The fourth-order valence-corrected chi connectivity index (χ4v) is 3.67. The molecule has 1 spiro atoms. The monoisotopic (exact) mass is 290 g/mol. The van der Waals surface area contributed by atoms with E-state index in [2.05, 4.69) is 24.4 Å². The van der Waals surface area contributed by atoms with E-state index in [0.29, 0.717) is 5.92 Å². The molecule has 2 heterocycles. The maximum Gasteiger partial charge on any atom is 0.118 e. The highest BCUT2D eigenvalue weighted by Gasteiger charge is 2.48. The fraction of sp³-hybridized carbons (Fsp3) is 0.647. The Labute approximate surface area is 127 Å². The lowest BCUT2D eigenvalue weighted by Crippen LogP contribution is -2.51. The van der Waals surface area contributed by atoms with Gasteiger partial charge in [0, 0.05) is 12.0 Å². The summed E-state index contributed by atoms with van der Waals surface area (Å²) in [4.78, 5) is 0. The van der Waals surface area contributed by atoms with E-state index in [-0.39, 0.29) is 17.7 Å². The number of nitrogens with two attached hydrogens (primary N) is 1. The predicted octanol–water partition coefficient (Wildman–Crippen LogP) is 2.04. The summed E-state index contributed by atoms with van der Waals surface area (Å²) in [5, 5.41) is 3.40. The van der Waals surface area contributed by atoms with Gasteiger partial charge in [0.05, 0.1) is 18.8 Å². The molecule has 2 aliphatic heterocycles. The molecule has 1 aromatic carbocycles. The average molecular weight is 290 g/mol. The van der Waals surface area contributed by atoms with Gasteiger partial charge in [-0.05, 0) is 50.0 Å². The van der Waals surface area contributed by atoms with Gasteiger partial charge < -0.3 is 20.5 Å². The third kappa shape index (κ3) is 2.80. The van der Waals surface area contributed by atoms with Crippen LogP contribution in [0.5, 0.6) is 5.75 Å². The van der Waals surface area contributed by atoms with Gasteiger partial charge >= 0.3 is 0 Å². The van der Waals surface area contributed by atoms with Crippen LogP contribution < -0.4 is 15.8 Å². The number of hydrogen-bond acceptors (Lipinski definition) is 4. The van der Waals surface area contributed by atoms with Crippen LogP contribution in [0.1, 0.15) is 37.7 Å². The Hall–Kier alpha value is -1.10. The first-order valence-corrected chi connectivity index (χ1v) is 7.93. The molecule has 2 saturated heterocycles. The predicted molar refractivity (Wildman–Crippen MR) is 83.7 cm³/mol. The largest absolute Gasteiger partial charge is 0.497 e. The van der Waals surface area contributed by atoms with Gasteiger partial charge in [0.15, 0.2) is 0 Å². The van der Waals surface area contributed by atoms with Crippen molar-refractivity contribution in [2.24, 2.45) is 5.73 Å². The Balaban J connectivity index is 1.71. The normalized spacial score (nSPS) is 29.5. The van der Waals surface area contributed by atoms with E-state index >= 15 is 0 Å². The smallest absolute Gasteiger partial charge is 0.118 e. The van der Waals surface area contributed by atoms with E-state index in [1.165, 1.54) is 5.56 Å². The molecular formula is C17H26N2O2. The summed E-state index contributed by atoms with van der Waals surface area (Å²) in [7, 11) is 1.69. The second-order valence-corrected chi connectivity index (χ2v) is 6.38. The number of hydrogen-bond donors (Lipinski definition) is 2. The summed E-state index contributed by atoms with van der Waals surface area (Å²) in [5.41, 5.74) is 7.61. The number of benzene rings is 1. The van der Waals surface area contributed by atoms with E-state index < -0.39 is 0 Å². The Morgan fingerprint density at radius 2 is 1.95 bits per heavy atom. The molecule has 2 unspecified atom stereocenters. The Kier molecular flexibility index (Phi) is 4.20. The fourth-order valence-electron chi connectivity index (χ4n) is 3.67. The summed E-state index contributed by atoms with van der Waals surface area (Å²) in [5.74, 6) is 1.25. The number of methoxy groups -OCH3 is 1. The van der Waals surface area contributed by atoms with Gasteiger partial charge in [-0.25, -0.2) is 0 Å². The van der Waals surface area contributed by atoms with Gasteiger partial charge in [0.1, 0.15) is 5.75 Å². The zero-order valence-electron chi connectivity index (χ0n) is 13.0. The van der Waals surface area contributed by atoms with Crippen LogP contribution in [0.25, 0.3) is 0 Å². The van der Waals surface area contributed by atoms with Crippen molar-refractivity contribution in [1.82, 2.24) is 5.32 Å². The lowest BCUT2D eigenvalue weighted by atomic mass is 9.84. The number of ether oxygens (including phenoxy) is 2. The lowest BCUT2D eigenvalue weighted by Gasteiger charge is -2.37. The number of nitrogens with one attached hydrogen (secondary N) is 1. The van der Waals surface area contributed by atoms with E-state index in [1.807, 2.05) is 12.1 Å². The van der Waals surface area contributed by atoms with Gasteiger partial charge in [-0.2, -0.15) is 0 Å². The van der Waals surface area contributed by atoms with Gasteiger partial charge in [-0.15, -0.1) is 0 Å². The zero-order chi connectivity index (χ0) is 14.9. The first kappa shape index (κ1) is 14.8. The minimum atomic E-state index is -0.101. The highest BCUT2D eigenvalue weighted by Crippen LogP contribution is 2.41. The van der Waals surface area contributed by atoms with E-state index in [0.717, 1.165) is 38.1 Å². The minimum absolute atomic E-state index is 0.101. The Morgan fingerprint density at radius 1 is 1.29 bits per heavy atom. The van der Waals surface area contributed by atoms with Gasteiger partial charge in [-0.3, -0.25) is 0 Å². The number of rotatable bonds is 3. The molecule has 3 rings (SSSR count). The van der Waals surface area contributed by atoms with E-state index in [9.17, 15) is 0 Å². The second-order valence-electron chi connectivity index (χ2n) is 6.38. The van der Waals surface area contributed by atoms with Crippen LogP contribution >= 0.6 is 0 Å². The third-order valence-corrected chi connectivity index (χ3v) is 5.20. The first-order chi connectivity index (χ1) is 10.1. The van der Waals surface area contributed by atoms with E-state index in [1.54, 1.807) is 7.11 Å². The maximum absolute atomic E-state index is 6.48. The van der Waals surface area contributed by atoms with Crippen LogP contribution in [0.4, 0.5) is 0 Å². The molecule has 21 heavy (non-hydrogen) atoms. The highest BCUT2D eigenvalue weighted by atomic mass is 16.5. The summed E-state index contributed by atoms with van der Waals surface area (Å²) in [6.45, 7) is 4.26. The minimum Gasteiger partial charge on any atom is -0.497 e. The highest BCUT2D eigenvalue weighted by molar-refractivity contribution is 5.30. The molecule has 4 heteroatoms. The molecule has 0 aromatic heterocycles. The molecule has 3 N–H and O–H groups in total. The van der Waals surface area contributed by atoms with Crippen LogP contribution in [0, 0.1) is 0 Å². The molecule has 0 radical (unpaired) electrons. The van der Waals surface area contributed by atoms with Gasteiger partial charge in [-0.1, -0.05) is 19.1 Å². The quantitative estimate of drug-likeness (QED) is 0.894. The molecule has 0 amide bonds. The standard InChI is InChI=1S/C17H26N2O2/c1-12(13-3-5-14(20-2)6-4-13)15-11-16(18)17(21-15)7-9-19-10-8-17/h3-6,12,15-16,19H,7-11,18H2,1-2H3/t12-,15?,16?/m1/s1. The second kappa shape index (κ2) is 5.95. The van der Waals surface area contributed by atoms with E-state index in [4.69, 9.17) is 15.2 Å². The van der Waals surface area contributed by atoms with Crippen molar-refractivity contribution in [3.8, 4) is 5.75 Å². The van der Waals surface area contributed by atoms with Crippen LogP contribution in [-0.4, -0.2) is 37.9 Å². The molecule has 3 atom stereocenters. The molecule has 2 fully saturated rings. The van der Waals surface area contributed by atoms with Crippen molar-refractivity contribution in [2.45, 2.75) is 49.9 Å². The molecule has 0 bridgehead atoms. The summed E-state index contributed by atoms with van der Waals surface area (Å²) in [6.07, 6.45) is 3.22.